The second kappa shape index (κ2) is 4.89. The van der Waals surface area contributed by atoms with Gasteiger partial charge in [-0.3, -0.25) is 0 Å². The van der Waals surface area contributed by atoms with Gasteiger partial charge in [0.15, 0.2) is 0 Å². The second-order valence-electron chi connectivity index (χ2n) is 5.33. The van der Waals surface area contributed by atoms with Crippen LogP contribution in [0.3, 0.4) is 0 Å². The lowest BCUT2D eigenvalue weighted by Crippen LogP contribution is -2.20. The summed E-state index contributed by atoms with van der Waals surface area (Å²) in [6.45, 7) is 4.55. The van der Waals surface area contributed by atoms with E-state index in [0.717, 1.165) is 5.92 Å². The first kappa shape index (κ1) is 12.0. The predicted molar refractivity (Wildman–Crippen MR) is 79.4 cm³/mol. The summed E-state index contributed by atoms with van der Waals surface area (Å²) in [5, 5.41) is 0. The lowest BCUT2D eigenvalue weighted by Gasteiger charge is -2.32. The van der Waals surface area contributed by atoms with Crippen LogP contribution in [0, 0.1) is 12.8 Å². The topological polar surface area (TPSA) is 0 Å². The maximum Gasteiger partial charge on any atom is 0.0215 e. The van der Waals surface area contributed by atoms with Gasteiger partial charge in [0.25, 0.3) is 0 Å². The van der Waals surface area contributed by atoms with E-state index >= 15 is 0 Å². The minimum Gasteiger partial charge on any atom is -0.145 e. The molecule has 1 aliphatic carbocycles. The van der Waals surface area contributed by atoms with Crippen molar-refractivity contribution in [1.82, 2.24) is 0 Å². The summed E-state index contributed by atoms with van der Waals surface area (Å²) in [6, 6.07) is 13.6. The number of fused-ring (bicyclic) bond motifs is 1. The smallest absolute Gasteiger partial charge is 0.0215 e. The van der Waals surface area contributed by atoms with Crippen molar-refractivity contribution in [2.75, 3.05) is 0 Å². The third-order valence-corrected chi connectivity index (χ3v) is 5.32. The number of hydrogen-bond donors (Lipinski definition) is 0. The number of thiophene rings is 1. The highest BCUT2D eigenvalue weighted by Crippen LogP contribution is 2.44. The van der Waals surface area contributed by atoms with Gasteiger partial charge in [-0.2, -0.15) is 0 Å². The molecule has 0 unspecified atom stereocenters. The van der Waals surface area contributed by atoms with Crippen LogP contribution in [0.4, 0.5) is 0 Å². The largest absolute Gasteiger partial charge is 0.145 e. The highest BCUT2D eigenvalue weighted by atomic mass is 32.1. The van der Waals surface area contributed by atoms with E-state index in [1.165, 1.54) is 24.1 Å². The summed E-state index contributed by atoms with van der Waals surface area (Å²) in [7, 11) is 0. The third-order valence-electron chi connectivity index (χ3n) is 4.24. The van der Waals surface area contributed by atoms with Crippen LogP contribution in [-0.2, 0) is 6.42 Å². The quantitative estimate of drug-likeness (QED) is 0.696. The molecule has 2 atom stereocenters. The van der Waals surface area contributed by atoms with Gasteiger partial charge in [-0.05, 0) is 48.9 Å². The van der Waals surface area contributed by atoms with Gasteiger partial charge in [0.2, 0.25) is 0 Å². The van der Waals surface area contributed by atoms with Crippen molar-refractivity contribution >= 4 is 11.3 Å². The molecule has 0 spiro atoms. The molecule has 18 heavy (non-hydrogen) atoms. The normalized spacial score (nSPS) is 22.8. The highest BCUT2D eigenvalue weighted by Gasteiger charge is 2.30. The molecule has 0 radical (unpaired) electrons. The molecule has 3 rings (SSSR count). The van der Waals surface area contributed by atoms with Crippen LogP contribution in [0.5, 0.6) is 0 Å². The predicted octanol–water partition coefficient (Wildman–Crippen LogP) is 5.16. The number of aryl methyl sites for hydroxylation is 2. The molecule has 94 valence electrons. The first-order valence-electron chi connectivity index (χ1n) is 6.93. The molecule has 1 heteroatoms. The van der Waals surface area contributed by atoms with Gasteiger partial charge in [-0.15, -0.1) is 11.3 Å². The van der Waals surface area contributed by atoms with Gasteiger partial charge in [-0.25, -0.2) is 0 Å². The molecule has 0 saturated heterocycles. The molecular formula is C17H20S. The Morgan fingerprint density at radius 3 is 2.72 bits per heavy atom. The molecule has 0 bridgehead atoms. The van der Waals surface area contributed by atoms with Crippen LogP contribution in [-0.4, -0.2) is 0 Å². The van der Waals surface area contributed by atoms with Crippen LogP contribution < -0.4 is 0 Å². The second-order valence-corrected chi connectivity index (χ2v) is 6.65. The number of benzene rings is 1. The minimum atomic E-state index is 0.638. The molecule has 0 saturated carbocycles. The number of hydrogen-bond acceptors (Lipinski definition) is 1. The van der Waals surface area contributed by atoms with Gasteiger partial charge < -0.3 is 0 Å². The van der Waals surface area contributed by atoms with Gasteiger partial charge in [0.1, 0.15) is 0 Å². The summed E-state index contributed by atoms with van der Waals surface area (Å²) < 4.78 is 0. The first-order chi connectivity index (χ1) is 8.79. The zero-order valence-corrected chi connectivity index (χ0v) is 12.0. The van der Waals surface area contributed by atoms with Crippen LogP contribution in [0.2, 0.25) is 0 Å². The fourth-order valence-electron chi connectivity index (χ4n) is 3.27. The van der Waals surface area contributed by atoms with Gasteiger partial charge in [-0.1, -0.05) is 37.6 Å². The van der Waals surface area contributed by atoms with Crippen LogP contribution >= 0.6 is 11.3 Å². The van der Waals surface area contributed by atoms with Crippen LogP contribution in [0.1, 0.15) is 46.6 Å². The van der Waals surface area contributed by atoms with E-state index in [-0.39, 0.29) is 0 Å². The molecule has 0 N–H and O–H groups in total. The van der Waals surface area contributed by atoms with Crippen molar-refractivity contribution in [2.24, 2.45) is 5.92 Å². The van der Waals surface area contributed by atoms with Crippen LogP contribution in [0.25, 0.3) is 0 Å². The summed E-state index contributed by atoms with van der Waals surface area (Å²) in [4.78, 5) is 2.99. The Hall–Kier alpha value is -1.08. The fraction of sp³-hybridized carbons (Fsp3) is 0.412. The molecule has 1 heterocycles. The highest BCUT2D eigenvalue weighted by molar-refractivity contribution is 7.12. The number of rotatable bonds is 2. The summed E-state index contributed by atoms with van der Waals surface area (Å²) in [6.07, 6.45) is 3.89. The standard InChI is InChI=1S/C17H20S/c1-3-13-9-10-14-6-4-5-7-15(14)17(13)16-11-8-12(2)18-16/h4-8,11,13,17H,3,9-10H2,1-2H3/t13-,17+/m1/s1. The average molecular weight is 256 g/mol. The van der Waals surface area contributed by atoms with Crippen molar-refractivity contribution in [3.05, 3.63) is 57.3 Å². The SMILES string of the molecule is CC[C@@H]1CCc2ccccc2[C@H]1c1ccc(C)s1. The van der Waals surface area contributed by atoms with E-state index in [0.29, 0.717) is 5.92 Å². The molecule has 0 fully saturated rings. The van der Waals surface area contributed by atoms with E-state index < -0.39 is 0 Å². The van der Waals surface area contributed by atoms with Crippen molar-refractivity contribution in [3.63, 3.8) is 0 Å². The fourth-order valence-corrected chi connectivity index (χ4v) is 4.36. The van der Waals surface area contributed by atoms with Crippen LogP contribution in [0.15, 0.2) is 36.4 Å². The Morgan fingerprint density at radius 2 is 2.00 bits per heavy atom. The van der Waals surface area contributed by atoms with E-state index in [1.54, 1.807) is 16.0 Å². The maximum absolute atomic E-state index is 2.34. The van der Waals surface area contributed by atoms with Gasteiger partial charge in [0.05, 0.1) is 0 Å². The van der Waals surface area contributed by atoms with Crippen molar-refractivity contribution in [1.29, 1.82) is 0 Å². The van der Waals surface area contributed by atoms with Gasteiger partial charge in [0, 0.05) is 15.7 Å². The zero-order chi connectivity index (χ0) is 12.5. The Kier molecular flexibility index (Phi) is 3.25. The summed E-state index contributed by atoms with van der Waals surface area (Å²) in [5.74, 6) is 1.46. The van der Waals surface area contributed by atoms with Crippen molar-refractivity contribution in [3.8, 4) is 0 Å². The zero-order valence-electron chi connectivity index (χ0n) is 11.1. The Morgan fingerprint density at radius 1 is 1.17 bits per heavy atom. The van der Waals surface area contributed by atoms with Crippen molar-refractivity contribution in [2.45, 2.75) is 39.0 Å². The molecule has 1 aromatic carbocycles. The summed E-state index contributed by atoms with van der Waals surface area (Å²) >= 11 is 1.98. The average Bonchev–Trinajstić information content (AvgIpc) is 2.83. The Bertz CT molecular complexity index is 538. The lowest BCUT2D eigenvalue weighted by molar-refractivity contribution is 0.401. The molecular weight excluding hydrogens is 236 g/mol. The molecule has 1 aliphatic rings. The summed E-state index contributed by atoms with van der Waals surface area (Å²) in [5.41, 5.74) is 3.15. The molecule has 0 aliphatic heterocycles. The maximum atomic E-state index is 2.34. The molecule has 2 aromatic rings. The van der Waals surface area contributed by atoms with E-state index in [2.05, 4.69) is 50.2 Å². The Balaban J connectivity index is 2.08. The molecule has 1 aromatic heterocycles. The van der Waals surface area contributed by atoms with Crippen molar-refractivity contribution < 1.29 is 0 Å². The third kappa shape index (κ3) is 2.01. The van der Waals surface area contributed by atoms with E-state index in [1.807, 2.05) is 11.3 Å². The minimum absolute atomic E-state index is 0.638. The van der Waals surface area contributed by atoms with E-state index in [9.17, 15) is 0 Å². The molecule has 0 amide bonds. The lowest BCUT2D eigenvalue weighted by atomic mass is 9.73. The Labute approximate surface area is 114 Å². The van der Waals surface area contributed by atoms with Gasteiger partial charge >= 0.3 is 0 Å². The first-order valence-corrected chi connectivity index (χ1v) is 7.75. The monoisotopic (exact) mass is 256 g/mol. The van der Waals surface area contributed by atoms with E-state index in [4.69, 9.17) is 0 Å². The molecule has 0 nitrogen and oxygen atoms in total.